The lowest BCUT2D eigenvalue weighted by Gasteiger charge is -2.28. The highest BCUT2D eigenvalue weighted by molar-refractivity contribution is 6.30. The maximum absolute atomic E-state index is 14.7. The zero-order valence-corrected chi connectivity index (χ0v) is 21.2. The van der Waals surface area contributed by atoms with Crippen molar-refractivity contribution in [2.24, 2.45) is 11.8 Å². The maximum atomic E-state index is 14.7. The van der Waals surface area contributed by atoms with Crippen molar-refractivity contribution in [3.8, 4) is 11.1 Å². The predicted octanol–water partition coefficient (Wildman–Crippen LogP) is 9.75. The molecule has 0 spiro atoms. The summed E-state index contributed by atoms with van der Waals surface area (Å²) in [5, 5.41) is -0.0676. The van der Waals surface area contributed by atoms with Gasteiger partial charge in [0.2, 0.25) is 0 Å². The summed E-state index contributed by atoms with van der Waals surface area (Å²) in [6.07, 6.45) is 11.2. The molecule has 35 heavy (non-hydrogen) atoms. The van der Waals surface area contributed by atoms with Gasteiger partial charge in [-0.1, -0.05) is 81.0 Å². The third kappa shape index (κ3) is 6.91. The summed E-state index contributed by atoms with van der Waals surface area (Å²) in [6, 6.07) is 15.7. The summed E-state index contributed by atoms with van der Waals surface area (Å²) in [7, 11) is 0. The molecule has 0 heterocycles. The minimum absolute atomic E-state index is 0.0676. The molecule has 1 saturated carbocycles. The Morgan fingerprint density at radius 1 is 0.657 bits per heavy atom. The van der Waals surface area contributed by atoms with E-state index in [1.54, 1.807) is 0 Å². The second-order valence-corrected chi connectivity index (χ2v) is 10.5. The summed E-state index contributed by atoms with van der Waals surface area (Å²) < 4.78 is 43.2. The van der Waals surface area contributed by atoms with Gasteiger partial charge in [0.1, 0.15) is 17.5 Å². The van der Waals surface area contributed by atoms with Crippen molar-refractivity contribution in [2.45, 2.75) is 71.1 Å². The highest BCUT2D eigenvalue weighted by Crippen LogP contribution is 2.35. The fraction of sp³-hybridized carbons (Fsp3) is 0.419. The van der Waals surface area contributed by atoms with Gasteiger partial charge in [0.25, 0.3) is 0 Å². The van der Waals surface area contributed by atoms with Crippen LogP contribution in [0.25, 0.3) is 11.1 Å². The molecular weight excluding hydrogens is 465 g/mol. The van der Waals surface area contributed by atoms with E-state index in [2.05, 4.69) is 31.2 Å². The van der Waals surface area contributed by atoms with E-state index in [4.69, 9.17) is 11.6 Å². The van der Waals surface area contributed by atoms with Gasteiger partial charge >= 0.3 is 0 Å². The van der Waals surface area contributed by atoms with Crippen molar-refractivity contribution in [2.75, 3.05) is 0 Å². The molecule has 0 radical (unpaired) electrons. The van der Waals surface area contributed by atoms with E-state index in [0.29, 0.717) is 17.9 Å². The van der Waals surface area contributed by atoms with Crippen LogP contribution in [-0.4, -0.2) is 0 Å². The lowest BCUT2D eigenvalue weighted by molar-refractivity contribution is 0.253. The van der Waals surface area contributed by atoms with E-state index in [1.165, 1.54) is 73.9 Å². The van der Waals surface area contributed by atoms with Crippen LogP contribution >= 0.6 is 11.6 Å². The number of rotatable bonds is 9. The number of hydrogen-bond donors (Lipinski definition) is 0. The molecule has 0 aliphatic heterocycles. The Hall–Kier alpha value is -2.26. The Labute approximate surface area is 212 Å². The van der Waals surface area contributed by atoms with Gasteiger partial charge in [0.15, 0.2) is 0 Å². The van der Waals surface area contributed by atoms with Crippen molar-refractivity contribution in [3.63, 3.8) is 0 Å². The fourth-order valence-electron chi connectivity index (χ4n) is 5.41. The van der Waals surface area contributed by atoms with E-state index in [9.17, 15) is 13.2 Å². The molecule has 0 amide bonds. The quantitative estimate of drug-likeness (QED) is 0.275. The van der Waals surface area contributed by atoms with Crippen LogP contribution in [0.5, 0.6) is 0 Å². The molecule has 0 unspecified atom stereocenters. The van der Waals surface area contributed by atoms with Crippen molar-refractivity contribution in [1.29, 1.82) is 0 Å². The highest BCUT2D eigenvalue weighted by Gasteiger charge is 2.22. The minimum Gasteiger partial charge on any atom is -0.206 e. The van der Waals surface area contributed by atoms with Crippen LogP contribution in [-0.2, 0) is 19.3 Å². The standard InChI is InChI=1S/C31H34ClF3/c1-2-3-21-4-6-22(7-5-21)8-9-23-10-12-24(13-11-23)14-15-25-18-29(34)31(30(35)19-25)26-16-17-27(32)28(33)20-26/h4-7,16-20,23-24H,2-3,8-15H2,1H3/t23-,24-. The molecule has 3 aromatic carbocycles. The summed E-state index contributed by atoms with van der Waals surface area (Å²) in [5.41, 5.74) is 3.46. The first-order chi connectivity index (χ1) is 16.9. The lowest BCUT2D eigenvalue weighted by atomic mass is 9.77. The Morgan fingerprint density at radius 2 is 1.17 bits per heavy atom. The van der Waals surface area contributed by atoms with Crippen molar-refractivity contribution < 1.29 is 13.2 Å². The fourth-order valence-corrected chi connectivity index (χ4v) is 5.53. The summed E-state index contributed by atoms with van der Waals surface area (Å²) in [4.78, 5) is 0. The lowest BCUT2D eigenvalue weighted by Crippen LogP contribution is -2.16. The van der Waals surface area contributed by atoms with Gasteiger partial charge in [-0.2, -0.15) is 0 Å². The van der Waals surface area contributed by atoms with Crippen LogP contribution in [0.3, 0.4) is 0 Å². The van der Waals surface area contributed by atoms with Gasteiger partial charge in [0.05, 0.1) is 10.6 Å². The van der Waals surface area contributed by atoms with Crippen LogP contribution in [0.15, 0.2) is 54.6 Å². The van der Waals surface area contributed by atoms with Crippen LogP contribution in [0.4, 0.5) is 13.2 Å². The molecule has 186 valence electrons. The minimum atomic E-state index is -0.687. The largest absolute Gasteiger partial charge is 0.206 e. The van der Waals surface area contributed by atoms with Crippen LogP contribution < -0.4 is 0 Å². The predicted molar refractivity (Wildman–Crippen MR) is 139 cm³/mol. The first-order valence-corrected chi connectivity index (χ1v) is 13.3. The smallest absolute Gasteiger partial charge is 0.142 e. The first kappa shape index (κ1) is 25.8. The molecule has 4 heteroatoms. The molecule has 0 saturated heterocycles. The summed E-state index contributed by atoms with van der Waals surface area (Å²) >= 11 is 5.69. The Bertz CT molecular complexity index is 1090. The molecule has 1 aliphatic carbocycles. The van der Waals surface area contributed by atoms with Gasteiger partial charge in [-0.3, -0.25) is 0 Å². The number of benzene rings is 3. The second kappa shape index (κ2) is 12.1. The average Bonchev–Trinajstić information content (AvgIpc) is 2.85. The number of hydrogen-bond acceptors (Lipinski definition) is 0. The zero-order valence-electron chi connectivity index (χ0n) is 20.4. The maximum Gasteiger partial charge on any atom is 0.142 e. The van der Waals surface area contributed by atoms with Crippen molar-refractivity contribution >= 4 is 11.6 Å². The van der Waals surface area contributed by atoms with Crippen molar-refractivity contribution in [3.05, 3.63) is 93.8 Å². The van der Waals surface area contributed by atoms with Gasteiger partial charge in [-0.15, -0.1) is 0 Å². The van der Waals surface area contributed by atoms with Crippen LogP contribution in [0, 0.1) is 29.3 Å². The van der Waals surface area contributed by atoms with Gasteiger partial charge in [-0.05, 0) is 90.5 Å². The molecule has 0 bridgehead atoms. The molecule has 1 fully saturated rings. The van der Waals surface area contributed by atoms with Gasteiger partial charge in [-0.25, -0.2) is 13.2 Å². The Morgan fingerprint density at radius 3 is 1.69 bits per heavy atom. The van der Waals surface area contributed by atoms with E-state index >= 15 is 0 Å². The number of aryl methyl sites for hydroxylation is 3. The Balaban J connectivity index is 1.25. The number of halogens is 4. The molecule has 1 aliphatic rings. The molecule has 0 nitrogen and oxygen atoms in total. The van der Waals surface area contributed by atoms with Gasteiger partial charge in [0, 0.05) is 0 Å². The molecule has 4 rings (SSSR count). The molecule has 0 N–H and O–H groups in total. The molecule has 3 aromatic rings. The van der Waals surface area contributed by atoms with E-state index in [1.807, 2.05) is 0 Å². The third-order valence-corrected chi connectivity index (χ3v) is 7.83. The second-order valence-electron chi connectivity index (χ2n) is 10.1. The molecule has 0 atom stereocenters. The Kier molecular flexibility index (Phi) is 8.94. The monoisotopic (exact) mass is 498 g/mol. The zero-order chi connectivity index (χ0) is 24.8. The average molecular weight is 499 g/mol. The SMILES string of the molecule is CCCc1ccc(CC[C@H]2CC[C@H](CCc3cc(F)c(-c4ccc(Cl)c(F)c4)c(F)c3)CC2)cc1. The normalized spacial score (nSPS) is 18.1. The summed E-state index contributed by atoms with van der Waals surface area (Å²) in [6.45, 7) is 2.21. The first-order valence-electron chi connectivity index (χ1n) is 12.9. The third-order valence-electron chi connectivity index (χ3n) is 7.52. The molecule has 0 aromatic heterocycles. The topological polar surface area (TPSA) is 0 Å². The highest BCUT2D eigenvalue weighted by atomic mass is 35.5. The summed E-state index contributed by atoms with van der Waals surface area (Å²) in [5.74, 6) is -0.625. The van der Waals surface area contributed by atoms with E-state index in [-0.39, 0.29) is 16.1 Å². The van der Waals surface area contributed by atoms with E-state index < -0.39 is 17.5 Å². The van der Waals surface area contributed by atoms with Crippen LogP contribution in [0.1, 0.15) is 68.6 Å². The van der Waals surface area contributed by atoms with Crippen molar-refractivity contribution in [1.82, 2.24) is 0 Å². The molecular formula is C31H34ClF3. The van der Waals surface area contributed by atoms with Gasteiger partial charge < -0.3 is 0 Å². The van der Waals surface area contributed by atoms with E-state index in [0.717, 1.165) is 31.2 Å². The van der Waals surface area contributed by atoms with Crippen LogP contribution in [0.2, 0.25) is 5.02 Å².